The molecule has 0 unspecified atom stereocenters. The highest BCUT2D eigenvalue weighted by Crippen LogP contribution is 2.21. The van der Waals surface area contributed by atoms with Gasteiger partial charge in [0, 0.05) is 58.6 Å². The van der Waals surface area contributed by atoms with Crippen molar-refractivity contribution in [3.05, 3.63) is 114 Å². The van der Waals surface area contributed by atoms with Gasteiger partial charge in [-0.3, -0.25) is 19.3 Å². The molecule has 1 atom stereocenters. The number of ether oxygens (including phenoxy) is 1. The SMILES string of the molecule is COCCN(C)C(=O)[C@H](Cc1ccccc1)N(Cc1ccc(-c2ccccn2)cc1)C(=O)/C=C/c1cc(C)nn1C. The Morgan fingerprint density at radius 1 is 1.00 bits per heavy atom. The van der Waals surface area contributed by atoms with Crippen molar-refractivity contribution < 1.29 is 14.3 Å². The molecular weight excluding hydrogens is 514 g/mol. The summed E-state index contributed by atoms with van der Waals surface area (Å²) < 4.78 is 6.94. The van der Waals surface area contributed by atoms with Gasteiger partial charge in [0.2, 0.25) is 11.8 Å². The average molecular weight is 552 g/mol. The summed E-state index contributed by atoms with van der Waals surface area (Å²) in [7, 11) is 5.19. The summed E-state index contributed by atoms with van der Waals surface area (Å²) in [5.74, 6) is -0.402. The van der Waals surface area contributed by atoms with E-state index in [1.54, 1.807) is 40.9 Å². The number of carbonyl (C=O) groups excluding carboxylic acids is 2. The summed E-state index contributed by atoms with van der Waals surface area (Å²) in [5.41, 5.74) is 5.40. The fraction of sp³-hybridized carbons (Fsp3) is 0.273. The van der Waals surface area contributed by atoms with Crippen molar-refractivity contribution in [3.8, 4) is 11.3 Å². The van der Waals surface area contributed by atoms with Crippen LogP contribution in [0.25, 0.3) is 17.3 Å². The normalized spacial score (nSPS) is 11.9. The van der Waals surface area contributed by atoms with E-state index in [9.17, 15) is 9.59 Å². The Balaban J connectivity index is 1.69. The van der Waals surface area contributed by atoms with Gasteiger partial charge in [0.05, 0.1) is 23.7 Å². The summed E-state index contributed by atoms with van der Waals surface area (Å²) >= 11 is 0. The molecule has 0 aliphatic rings. The second-order valence-corrected chi connectivity index (χ2v) is 10.0. The number of methoxy groups -OCH3 is 1. The van der Waals surface area contributed by atoms with Crippen molar-refractivity contribution in [2.24, 2.45) is 7.05 Å². The van der Waals surface area contributed by atoms with Crippen molar-refractivity contribution >= 4 is 17.9 Å². The number of nitrogens with zero attached hydrogens (tertiary/aromatic N) is 5. The maximum absolute atomic E-state index is 13.9. The Bertz CT molecular complexity index is 1450. The van der Waals surface area contributed by atoms with E-state index in [1.165, 1.54) is 6.08 Å². The highest BCUT2D eigenvalue weighted by atomic mass is 16.5. The Labute approximate surface area is 241 Å². The maximum Gasteiger partial charge on any atom is 0.247 e. The molecule has 0 saturated heterocycles. The first-order chi connectivity index (χ1) is 19.9. The molecule has 0 spiro atoms. The molecule has 0 radical (unpaired) electrons. The van der Waals surface area contributed by atoms with Crippen LogP contribution >= 0.6 is 0 Å². The molecule has 8 nitrogen and oxygen atoms in total. The van der Waals surface area contributed by atoms with E-state index < -0.39 is 6.04 Å². The average Bonchev–Trinajstić information content (AvgIpc) is 3.33. The molecule has 41 heavy (non-hydrogen) atoms. The molecule has 0 aliphatic heterocycles. The van der Waals surface area contributed by atoms with E-state index in [1.807, 2.05) is 92.8 Å². The molecule has 0 aliphatic carbocycles. The first-order valence-corrected chi connectivity index (χ1v) is 13.6. The molecule has 2 amide bonds. The lowest BCUT2D eigenvalue weighted by Gasteiger charge is -2.33. The Morgan fingerprint density at radius 2 is 1.73 bits per heavy atom. The monoisotopic (exact) mass is 551 g/mol. The van der Waals surface area contributed by atoms with Crippen LogP contribution in [0.2, 0.25) is 0 Å². The molecule has 0 fully saturated rings. The standard InChI is InChI=1S/C33H37N5O3/c1-25-22-29(37(3)35-25)17-18-32(39)38(24-27-13-15-28(16-14-27)30-12-8-9-19-34-30)31(23-26-10-6-5-7-11-26)33(40)36(2)20-21-41-4/h5-19,22,31H,20-21,23-24H2,1-4H3/b18-17+/t31-/m0/s1. The topological polar surface area (TPSA) is 80.6 Å². The number of aromatic nitrogens is 3. The number of aryl methyl sites for hydroxylation is 2. The van der Waals surface area contributed by atoms with Gasteiger partial charge in [0.1, 0.15) is 6.04 Å². The zero-order valence-electron chi connectivity index (χ0n) is 24.1. The number of carbonyl (C=O) groups is 2. The molecule has 2 aromatic carbocycles. The van der Waals surface area contributed by atoms with Gasteiger partial charge >= 0.3 is 0 Å². The van der Waals surface area contributed by atoms with Crippen LogP contribution in [0.3, 0.4) is 0 Å². The third kappa shape index (κ3) is 7.99. The van der Waals surface area contributed by atoms with E-state index in [0.717, 1.165) is 33.8 Å². The van der Waals surface area contributed by atoms with Gasteiger partial charge in [-0.05, 0) is 42.3 Å². The second-order valence-electron chi connectivity index (χ2n) is 10.0. The molecule has 2 heterocycles. The molecule has 8 heteroatoms. The third-order valence-corrected chi connectivity index (χ3v) is 6.93. The summed E-state index contributed by atoms with van der Waals surface area (Å²) in [6.07, 6.45) is 5.42. The molecule has 212 valence electrons. The van der Waals surface area contributed by atoms with Gasteiger partial charge in [-0.25, -0.2) is 0 Å². The Morgan fingerprint density at radius 3 is 2.37 bits per heavy atom. The minimum Gasteiger partial charge on any atom is -0.383 e. The van der Waals surface area contributed by atoms with E-state index in [2.05, 4.69) is 10.1 Å². The number of benzene rings is 2. The molecule has 4 aromatic rings. The van der Waals surface area contributed by atoms with Crippen molar-refractivity contribution in [2.75, 3.05) is 27.3 Å². The maximum atomic E-state index is 13.9. The number of hydrogen-bond donors (Lipinski definition) is 0. The van der Waals surface area contributed by atoms with Crippen LogP contribution in [0.4, 0.5) is 0 Å². The highest BCUT2D eigenvalue weighted by molar-refractivity contribution is 5.95. The number of hydrogen-bond acceptors (Lipinski definition) is 5. The lowest BCUT2D eigenvalue weighted by atomic mass is 10.0. The zero-order valence-corrected chi connectivity index (χ0v) is 24.1. The van der Waals surface area contributed by atoms with Crippen LogP contribution in [0, 0.1) is 6.92 Å². The van der Waals surface area contributed by atoms with Gasteiger partial charge in [0.15, 0.2) is 0 Å². The van der Waals surface area contributed by atoms with Crippen LogP contribution in [-0.2, 0) is 34.3 Å². The minimum atomic E-state index is -0.722. The number of amides is 2. The van der Waals surface area contributed by atoms with Gasteiger partial charge in [-0.15, -0.1) is 0 Å². The van der Waals surface area contributed by atoms with Crippen LogP contribution in [-0.4, -0.2) is 69.7 Å². The summed E-state index contributed by atoms with van der Waals surface area (Å²) in [6, 6.07) is 24.7. The van der Waals surface area contributed by atoms with Crippen molar-refractivity contribution in [1.82, 2.24) is 24.6 Å². The molecule has 2 aromatic heterocycles. The van der Waals surface area contributed by atoms with Crippen LogP contribution in [0.1, 0.15) is 22.5 Å². The van der Waals surface area contributed by atoms with Crippen LogP contribution in [0.15, 0.2) is 91.1 Å². The van der Waals surface area contributed by atoms with Crippen LogP contribution in [0.5, 0.6) is 0 Å². The van der Waals surface area contributed by atoms with Crippen molar-refractivity contribution in [2.45, 2.75) is 25.9 Å². The minimum absolute atomic E-state index is 0.144. The fourth-order valence-electron chi connectivity index (χ4n) is 4.65. The number of rotatable bonds is 12. The van der Waals surface area contributed by atoms with Crippen LogP contribution < -0.4 is 0 Å². The number of likely N-dealkylation sites (N-methyl/N-ethyl adjacent to an activating group) is 1. The fourth-order valence-corrected chi connectivity index (χ4v) is 4.65. The largest absolute Gasteiger partial charge is 0.383 e. The molecule has 0 saturated carbocycles. The first-order valence-electron chi connectivity index (χ1n) is 13.6. The zero-order chi connectivity index (χ0) is 29.2. The highest BCUT2D eigenvalue weighted by Gasteiger charge is 2.31. The molecular formula is C33H37N5O3. The quantitative estimate of drug-likeness (QED) is 0.242. The van der Waals surface area contributed by atoms with E-state index in [-0.39, 0.29) is 18.4 Å². The molecule has 4 rings (SSSR count). The number of pyridine rings is 1. The smallest absolute Gasteiger partial charge is 0.247 e. The summed E-state index contributed by atoms with van der Waals surface area (Å²) in [5, 5.41) is 4.37. The van der Waals surface area contributed by atoms with Gasteiger partial charge in [-0.1, -0.05) is 60.7 Å². The van der Waals surface area contributed by atoms with E-state index in [4.69, 9.17) is 4.74 Å². The van der Waals surface area contributed by atoms with Gasteiger partial charge in [-0.2, -0.15) is 5.10 Å². The predicted octanol–water partition coefficient (Wildman–Crippen LogP) is 4.55. The third-order valence-electron chi connectivity index (χ3n) is 6.93. The predicted molar refractivity (Wildman–Crippen MR) is 161 cm³/mol. The van der Waals surface area contributed by atoms with Crippen molar-refractivity contribution in [3.63, 3.8) is 0 Å². The van der Waals surface area contributed by atoms with E-state index >= 15 is 0 Å². The lowest BCUT2D eigenvalue weighted by Crippen LogP contribution is -2.51. The van der Waals surface area contributed by atoms with E-state index in [0.29, 0.717) is 19.6 Å². The molecule has 0 N–H and O–H groups in total. The van der Waals surface area contributed by atoms with Crippen molar-refractivity contribution in [1.29, 1.82) is 0 Å². The summed E-state index contributed by atoms with van der Waals surface area (Å²) in [6.45, 7) is 3.00. The Hall–Kier alpha value is -4.56. The summed E-state index contributed by atoms with van der Waals surface area (Å²) in [4.78, 5) is 35.5. The lowest BCUT2D eigenvalue weighted by molar-refractivity contribution is -0.143. The first kappa shape index (κ1) is 29.4. The van der Waals surface area contributed by atoms with Gasteiger partial charge < -0.3 is 14.5 Å². The molecule has 0 bridgehead atoms. The second kappa shape index (κ2) is 14.2. The Kier molecular flexibility index (Phi) is 10.2. The van der Waals surface area contributed by atoms with Gasteiger partial charge in [0.25, 0.3) is 0 Å².